The van der Waals surface area contributed by atoms with Gasteiger partial charge in [-0.2, -0.15) is 0 Å². The van der Waals surface area contributed by atoms with Gasteiger partial charge in [0.2, 0.25) is 0 Å². The standard InChI is InChI=1S/C15H22N2O3/c1-15(2,3)12(14(19)20)17-13(18)11-6-4-10(5-7-11)8-9-16/h4-7,12H,8-9,16H2,1-3H3,(H,17,18)(H,19,20)/t12-/m1/s1. The van der Waals surface area contributed by atoms with Crippen LogP contribution >= 0.6 is 0 Å². The van der Waals surface area contributed by atoms with Crippen LogP contribution in [0.2, 0.25) is 0 Å². The van der Waals surface area contributed by atoms with Crippen molar-refractivity contribution in [1.82, 2.24) is 5.32 Å². The van der Waals surface area contributed by atoms with Crippen LogP contribution in [0.3, 0.4) is 0 Å². The first-order chi connectivity index (χ1) is 9.25. The SMILES string of the molecule is CC(C)(C)[C@H](NC(=O)c1ccc(CCN)cc1)C(=O)O. The minimum atomic E-state index is -1.04. The van der Waals surface area contributed by atoms with E-state index in [0.717, 1.165) is 12.0 Å². The highest BCUT2D eigenvalue weighted by atomic mass is 16.4. The number of nitrogens with two attached hydrogens (primary N) is 1. The first-order valence-electron chi connectivity index (χ1n) is 6.58. The Morgan fingerprint density at radius 1 is 1.25 bits per heavy atom. The Balaban J connectivity index is 2.81. The van der Waals surface area contributed by atoms with Gasteiger partial charge < -0.3 is 16.2 Å². The van der Waals surface area contributed by atoms with Crippen molar-refractivity contribution in [3.8, 4) is 0 Å². The van der Waals surface area contributed by atoms with Gasteiger partial charge in [0, 0.05) is 5.56 Å². The fourth-order valence-electron chi connectivity index (χ4n) is 1.85. The third-order valence-electron chi connectivity index (χ3n) is 3.04. The van der Waals surface area contributed by atoms with Gasteiger partial charge in [-0.25, -0.2) is 4.79 Å². The molecule has 0 saturated carbocycles. The number of hydrogen-bond acceptors (Lipinski definition) is 3. The summed E-state index contributed by atoms with van der Waals surface area (Å²) in [6.45, 7) is 5.87. The van der Waals surface area contributed by atoms with Crippen LogP contribution in [0.4, 0.5) is 0 Å². The van der Waals surface area contributed by atoms with Crippen LogP contribution in [0.1, 0.15) is 36.7 Å². The van der Waals surface area contributed by atoms with Crippen molar-refractivity contribution in [3.63, 3.8) is 0 Å². The third kappa shape index (κ3) is 4.35. The van der Waals surface area contributed by atoms with Crippen LogP contribution in [-0.2, 0) is 11.2 Å². The summed E-state index contributed by atoms with van der Waals surface area (Å²) in [4.78, 5) is 23.3. The molecule has 5 nitrogen and oxygen atoms in total. The first kappa shape index (κ1) is 16.2. The lowest BCUT2D eigenvalue weighted by atomic mass is 9.86. The molecule has 0 spiro atoms. The van der Waals surface area contributed by atoms with Gasteiger partial charge in [0.25, 0.3) is 5.91 Å². The molecule has 0 saturated heterocycles. The molecule has 1 aromatic rings. The monoisotopic (exact) mass is 278 g/mol. The molecule has 0 aromatic heterocycles. The van der Waals surface area contributed by atoms with Crippen molar-refractivity contribution in [3.05, 3.63) is 35.4 Å². The van der Waals surface area contributed by atoms with Crippen molar-refractivity contribution in [1.29, 1.82) is 0 Å². The van der Waals surface area contributed by atoms with Crippen LogP contribution in [0, 0.1) is 5.41 Å². The summed E-state index contributed by atoms with van der Waals surface area (Å²) in [5.41, 5.74) is 6.40. The van der Waals surface area contributed by atoms with E-state index >= 15 is 0 Å². The molecule has 0 aliphatic rings. The molecule has 0 fully saturated rings. The van der Waals surface area contributed by atoms with Crippen LogP contribution in [0.15, 0.2) is 24.3 Å². The molecule has 110 valence electrons. The van der Waals surface area contributed by atoms with E-state index in [-0.39, 0.29) is 5.91 Å². The van der Waals surface area contributed by atoms with Gasteiger partial charge >= 0.3 is 5.97 Å². The topological polar surface area (TPSA) is 92.4 Å². The quantitative estimate of drug-likeness (QED) is 0.759. The van der Waals surface area contributed by atoms with Crippen LogP contribution < -0.4 is 11.1 Å². The zero-order chi connectivity index (χ0) is 15.3. The number of benzene rings is 1. The Kier molecular flexibility index (Phi) is 5.27. The van der Waals surface area contributed by atoms with Gasteiger partial charge in [0.15, 0.2) is 0 Å². The number of carboxylic acid groups (broad SMARTS) is 1. The molecular formula is C15H22N2O3. The van der Waals surface area contributed by atoms with Gasteiger partial charge in [-0.05, 0) is 36.1 Å². The lowest BCUT2D eigenvalue weighted by Crippen LogP contribution is -2.49. The maximum Gasteiger partial charge on any atom is 0.326 e. The molecule has 0 heterocycles. The highest BCUT2D eigenvalue weighted by Gasteiger charge is 2.32. The number of hydrogen-bond donors (Lipinski definition) is 3. The summed E-state index contributed by atoms with van der Waals surface area (Å²) >= 11 is 0. The fourth-order valence-corrected chi connectivity index (χ4v) is 1.85. The molecule has 1 amide bonds. The lowest BCUT2D eigenvalue weighted by molar-refractivity contribution is -0.142. The number of carbonyl (C=O) groups is 2. The maximum absolute atomic E-state index is 12.1. The largest absolute Gasteiger partial charge is 0.480 e. The summed E-state index contributed by atoms with van der Waals surface area (Å²) in [6.07, 6.45) is 0.752. The van der Waals surface area contributed by atoms with Crippen molar-refractivity contribution >= 4 is 11.9 Å². The van der Waals surface area contributed by atoms with Gasteiger partial charge in [-0.15, -0.1) is 0 Å². The van der Waals surface area contributed by atoms with E-state index in [4.69, 9.17) is 5.73 Å². The summed E-state index contributed by atoms with van der Waals surface area (Å²) < 4.78 is 0. The fraction of sp³-hybridized carbons (Fsp3) is 0.467. The highest BCUT2D eigenvalue weighted by Crippen LogP contribution is 2.20. The van der Waals surface area contributed by atoms with E-state index < -0.39 is 17.4 Å². The summed E-state index contributed by atoms with van der Waals surface area (Å²) in [5, 5.41) is 11.8. The molecule has 1 rings (SSSR count). The first-order valence-corrected chi connectivity index (χ1v) is 6.58. The second-order valence-electron chi connectivity index (χ2n) is 5.85. The molecular weight excluding hydrogens is 256 g/mol. The van der Waals surface area contributed by atoms with E-state index in [1.165, 1.54) is 0 Å². The minimum absolute atomic E-state index is 0.383. The number of carbonyl (C=O) groups excluding carboxylic acids is 1. The maximum atomic E-state index is 12.1. The van der Waals surface area contributed by atoms with Crippen molar-refractivity contribution in [2.45, 2.75) is 33.2 Å². The summed E-state index contributed by atoms with van der Waals surface area (Å²) in [7, 11) is 0. The predicted octanol–water partition coefficient (Wildman–Crippen LogP) is 1.42. The van der Waals surface area contributed by atoms with Crippen LogP contribution in [0.5, 0.6) is 0 Å². The van der Waals surface area contributed by atoms with E-state index in [1.807, 2.05) is 12.1 Å². The zero-order valence-electron chi connectivity index (χ0n) is 12.1. The third-order valence-corrected chi connectivity index (χ3v) is 3.04. The Hall–Kier alpha value is -1.88. The van der Waals surface area contributed by atoms with Crippen LogP contribution in [-0.4, -0.2) is 29.6 Å². The predicted molar refractivity (Wildman–Crippen MR) is 77.5 cm³/mol. The highest BCUT2D eigenvalue weighted by molar-refractivity contribution is 5.96. The van der Waals surface area contributed by atoms with E-state index in [9.17, 15) is 14.7 Å². The van der Waals surface area contributed by atoms with Crippen molar-refractivity contribution < 1.29 is 14.7 Å². The van der Waals surface area contributed by atoms with Gasteiger partial charge in [0.05, 0.1) is 0 Å². The van der Waals surface area contributed by atoms with E-state index in [1.54, 1.807) is 32.9 Å². The average Bonchev–Trinajstić information content (AvgIpc) is 2.35. The normalized spacial score (nSPS) is 12.8. The second kappa shape index (κ2) is 6.52. The summed E-state index contributed by atoms with van der Waals surface area (Å²) in [6, 6.07) is 6.09. The summed E-state index contributed by atoms with van der Waals surface area (Å²) in [5.74, 6) is -1.42. The molecule has 1 aromatic carbocycles. The zero-order valence-corrected chi connectivity index (χ0v) is 12.1. The van der Waals surface area contributed by atoms with Crippen LogP contribution in [0.25, 0.3) is 0 Å². The van der Waals surface area contributed by atoms with Gasteiger partial charge in [0.1, 0.15) is 6.04 Å². The van der Waals surface area contributed by atoms with E-state index in [0.29, 0.717) is 12.1 Å². The Morgan fingerprint density at radius 2 is 1.80 bits per heavy atom. The van der Waals surface area contributed by atoms with Gasteiger partial charge in [-0.3, -0.25) is 4.79 Å². The number of aliphatic carboxylic acids is 1. The molecule has 20 heavy (non-hydrogen) atoms. The average molecular weight is 278 g/mol. The minimum Gasteiger partial charge on any atom is -0.480 e. The Labute approximate surface area is 119 Å². The lowest BCUT2D eigenvalue weighted by Gasteiger charge is -2.27. The molecule has 0 aliphatic heterocycles. The number of amides is 1. The smallest absolute Gasteiger partial charge is 0.326 e. The van der Waals surface area contributed by atoms with Gasteiger partial charge in [-0.1, -0.05) is 32.9 Å². The molecule has 0 unspecified atom stereocenters. The Bertz CT molecular complexity index is 475. The molecule has 0 aliphatic carbocycles. The Morgan fingerprint density at radius 3 is 2.20 bits per heavy atom. The molecule has 1 atom stereocenters. The molecule has 4 N–H and O–H groups in total. The molecule has 0 radical (unpaired) electrons. The van der Waals surface area contributed by atoms with E-state index in [2.05, 4.69) is 5.32 Å². The van der Waals surface area contributed by atoms with Crippen molar-refractivity contribution in [2.24, 2.45) is 11.1 Å². The number of carboxylic acids is 1. The second-order valence-corrected chi connectivity index (χ2v) is 5.85. The molecule has 5 heteroatoms. The number of rotatable bonds is 5. The van der Waals surface area contributed by atoms with Crippen molar-refractivity contribution in [2.75, 3.05) is 6.54 Å². The molecule has 0 bridgehead atoms. The number of nitrogens with one attached hydrogen (secondary N) is 1.